The van der Waals surface area contributed by atoms with E-state index in [0.29, 0.717) is 28.6 Å². The van der Waals surface area contributed by atoms with Crippen LogP contribution in [-0.2, 0) is 6.54 Å². The van der Waals surface area contributed by atoms with Crippen LogP contribution in [0.2, 0.25) is 5.02 Å². The summed E-state index contributed by atoms with van der Waals surface area (Å²) in [6.07, 6.45) is 0. The van der Waals surface area contributed by atoms with Crippen molar-refractivity contribution in [2.75, 3.05) is 12.4 Å². The lowest BCUT2D eigenvalue weighted by Crippen LogP contribution is -2.14. The highest BCUT2D eigenvalue weighted by molar-refractivity contribution is 7.80. The van der Waals surface area contributed by atoms with E-state index in [0.717, 1.165) is 5.56 Å². The van der Waals surface area contributed by atoms with Gasteiger partial charge in [-0.05, 0) is 30.3 Å². The molecular formula is C15H14ClFN2OS. The van der Waals surface area contributed by atoms with Gasteiger partial charge in [-0.25, -0.2) is 4.39 Å². The number of hydrogen-bond acceptors (Lipinski definition) is 3. The average Bonchev–Trinajstić information content (AvgIpc) is 2.46. The van der Waals surface area contributed by atoms with E-state index in [1.54, 1.807) is 19.2 Å². The maximum absolute atomic E-state index is 13.3. The number of thiocarbonyl (C=S) groups is 1. The molecule has 0 saturated heterocycles. The number of nitrogens with one attached hydrogen (secondary N) is 1. The normalized spacial score (nSPS) is 10.2. The molecule has 0 aliphatic carbocycles. The van der Waals surface area contributed by atoms with E-state index in [1.807, 2.05) is 12.1 Å². The van der Waals surface area contributed by atoms with Crippen molar-refractivity contribution >= 4 is 34.5 Å². The third-order valence-corrected chi connectivity index (χ3v) is 3.57. The number of halogens is 2. The molecule has 0 amide bonds. The molecule has 0 radical (unpaired) electrons. The second-order valence-corrected chi connectivity index (χ2v) is 5.18. The van der Waals surface area contributed by atoms with Crippen molar-refractivity contribution in [2.45, 2.75) is 6.54 Å². The second kappa shape index (κ2) is 6.74. The van der Waals surface area contributed by atoms with Crippen molar-refractivity contribution in [3.63, 3.8) is 0 Å². The van der Waals surface area contributed by atoms with E-state index >= 15 is 0 Å². The third-order valence-electron chi connectivity index (χ3n) is 3.00. The van der Waals surface area contributed by atoms with Gasteiger partial charge < -0.3 is 15.8 Å². The van der Waals surface area contributed by atoms with E-state index in [9.17, 15) is 4.39 Å². The zero-order valence-corrected chi connectivity index (χ0v) is 12.9. The Balaban J connectivity index is 2.27. The van der Waals surface area contributed by atoms with Gasteiger partial charge in [0.25, 0.3) is 0 Å². The Morgan fingerprint density at radius 1 is 1.38 bits per heavy atom. The minimum Gasteiger partial charge on any atom is -0.496 e. The highest BCUT2D eigenvalue weighted by Gasteiger charge is 2.10. The summed E-state index contributed by atoms with van der Waals surface area (Å²) in [6, 6.07) is 9.64. The lowest BCUT2D eigenvalue weighted by Gasteiger charge is -2.14. The average molecular weight is 325 g/mol. The number of hydrogen-bond donors (Lipinski definition) is 2. The van der Waals surface area contributed by atoms with Gasteiger partial charge in [0.05, 0.1) is 7.11 Å². The Morgan fingerprint density at radius 3 is 2.81 bits per heavy atom. The van der Waals surface area contributed by atoms with Crippen LogP contribution in [0.15, 0.2) is 36.4 Å². The number of benzene rings is 2. The van der Waals surface area contributed by atoms with Crippen LogP contribution in [0, 0.1) is 5.82 Å². The van der Waals surface area contributed by atoms with Crippen LogP contribution < -0.4 is 15.8 Å². The van der Waals surface area contributed by atoms with E-state index in [4.69, 9.17) is 34.3 Å². The molecule has 0 fully saturated rings. The molecule has 6 heteroatoms. The molecule has 0 saturated carbocycles. The van der Waals surface area contributed by atoms with E-state index in [1.165, 1.54) is 12.1 Å². The highest BCUT2D eigenvalue weighted by Crippen LogP contribution is 2.27. The summed E-state index contributed by atoms with van der Waals surface area (Å²) in [4.78, 5) is 0.128. The van der Waals surface area contributed by atoms with E-state index < -0.39 is 5.82 Å². The van der Waals surface area contributed by atoms with Gasteiger partial charge in [0.1, 0.15) is 16.6 Å². The molecule has 110 valence electrons. The standard InChI is InChI=1S/C15H14ClFN2OS/c1-20-14-4-2-3-12(16)11(14)8-19-13-6-5-9(17)7-10(13)15(18)21/h2-7,19H,8H2,1H3,(H2,18,21). The van der Waals surface area contributed by atoms with Crippen LogP contribution in [-0.4, -0.2) is 12.1 Å². The van der Waals surface area contributed by atoms with Gasteiger partial charge in [-0.3, -0.25) is 0 Å². The summed E-state index contributed by atoms with van der Waals surface area (Å²) in [5.74, 6) is 0.285. The predicted octanol–water partition coefficient (Wildman–Crippen LogP) is 3.73. The van der Waals surface area contributed by atoms with Crippen LogP contribution in [0.3, 0.4) is 0 Å². The second-order valence-electron chi connectivity index (χ2n) is 4.33. The quantitative estimate of drug-likeness (QED) is 0.823. The Labute approximate surface area is 132 Å². The van der Waals surface area contributed by atoms with Gasteiger partial charge in [-0.2, -0.15) is 0 Å². The number of nitrogens with two attached hydrogens (primary N) is 1. The maximum atomic E-state index is 13.3. The lowest BCUT2D eigenvalue weighted by atomic mass is 10.1. The first kappa shape index (κ1) is 15.5. The van der Waals surface area contributed by atoms with Crippen LogP contribution in [0.1, 0.15) is 11.1 Å². The smallest absolute Gasteiger partial charge is 0.125 e. The molecule has 0 heterocycles. The predicted molar refractivity (Wildman–Crippen MR) is 87.6 cm³/mol. The summed E-state index contributed by atoms with van der Waals surface area (Å²) in [6.45, 7) is 0.407. The summed E-state index contributed by atoms with van der Waals surface area (Å²) in [5, 5.41) is 3.74. The molecule has 0 aliphatic rings. The Kier molecular flexibility index (Phi) is 4.98. The third kappa shape index (κ3) is 3.62. The first-order valence-electron chi connectivity index (χ1n) is 6.17. The summed E-state index contributed by atoms with van der Waals surface area (Å²) in [7, 11) is 1.58. The fourth-order valence-electron chi connectivity index (χ4n) is 1.96. The van der Waals surface area contributed by atoms with Gasteiger partial charge in [0, 0.05) is 28.4 Å². The highest BCUT2D eigenvalue weighted by atomic mass is 35.5. The Morgan fingerprint density at radius 2 is 2.14 bits per heavy atom. The van der Waals surface area contributed by atoms with Crippen molar-refractivity contribution in [3.05, 3.63) is 58.4 Å². The molecule has 3 nitrogen and oxygen atoms in total. The van der Waals surface area contributed by atoms with Crippen LogP contribution in [0.25, 0.3) is 0 Å². The molecule has 3 N–H and O–H groups in total. The number of rotatable bonds is 5. The van der Waals surface area contributed by atoms with Crippen LogP contribution in [0.4, 0.5) is 10.1 Å². The SMILES string of the molecule is COc1cccc(Cl)c1CNc1ccc(F)cc1C(N)=S. The Bertz CT molecular complexity index is 679. The number of anilines is 1. The van der Waals surface area contributed by atoms with E-state index in [-0.39, 0.29) is 4.99 Å². The molecule has 0 atom stereocenters. The lowest BCUT2D eigenvalue weighted by molar-refractivity contribution is 0.410. The monoisotopic (exact) mass is 324 g/mol. The molecule has 0 aliphatic heterocycles. The minimum absolute atomic E-state index is 0.128. The molecule has 21 heavy (non-hydrogen) atoms. The Hall–Kier alpha value is -1.85. The van der Waals surface area contributed by atoms with Crippen LogP contribution >= 0.6 is 23.8 Å². The maximum Gasteiger partial charge on any atom is 0.125 e. The van der Waals surface area contributed by atoms with Crippen LogP contribution in [0.5, 0.6) is 5.75 Å². The summed E-state index contributed by atoms with van der Waals surface area (Å²) >= 11 is 11.1. The van der Waals surface area contributed by atoms with Crippen molar-refractivity contribution in [1.29, 1.82) is 0 Å². The number of methoxy groups -OCH3 is 1. The molecule has 2 rings (SSSR count). The van der Waals surface area contributed by atoms with Gasteiger partial charge in [0.2, 0.25) is 0 Å². The van der Waals surface area contributed by atoms with Gasteiger partial charge in [-0.15, -0.1) is 0 Å². The molecule has 0 unspecified atom stereocenters. The number of ether oxygens (including phenoxy) is 1. The van der Waals surface area contributed by atoms with Crippen molar-refractivity contribution in [3.8, 4) is 5.75 Å². The fourth-order valence-corrected chi connectivity index (χ4v) is 2.36. The first-order chi connectivity index (χ1) is 10.0. The topological polar surface area (TPSA) is 47.3 Å². The molecular weight excluding hydrogens is 311 g/mol. The largest absolute Gasteiger partial charge is 0.496 e. The summed E-state index contributed by atoms with van der Waals surface area (Å²) in [5.41, 5.74) is 7.52. The first-order valence-corrected chi connectivity index (χ1v) is 6.96. The van der Waals surface area contributed by atoms with Crippen molar-refractivity contribution in [1.82, 2.24) is 0 Å². The van der Waals surface area contributed by atoms with Gasteiger partial charge >= 0.3 is 0 Å². The molecule has 0 bridgehead atoms. The van der Waals surface area contributed by atoms with Gasteiger partial charge in [0.15, 0.2) is 0 Å². The molecule has 0 aromatic heterocycles. The fraction of sp³-hybridized carbons (Fsp3) is 0.133. The zero-order chi connectivity index (χ0) is 15.4. The van der Waals surface area contributed by atoms with Crippen molar-refractivity contribution < 1.29 is 9.13 Å². The molecule has 0 spiro atoms. The zero-order valence-electron chi connectivity index (χ0n) is 11.3. The minimum atomic E-state index is -0.390. The molecule has 2 aromatic rings. The summed E-state index contributed by atoms with van der Waals surface area (Å²) < 4.78 is 18.5. The van der Waals surface area contributed by atoms with Gasteiger partial charge in [-0.1, -0.05) is 29.9 Å². The van der Waals surface area contributed by atoms with E-state index in [2.05, 4.69) is 5.32 Å². The molecule has 2 aromatic carbocycles. The van der Waals surface area contributed by atoms with Crippen molar-refractivity contribution in [2.24, 2.45) is 5.73 Å².